The fourth-order valence-corrected chi connectivity index (χ4v) is 4.32. The fourth-order valence-electron chi connectivity index (χ4n) is 4.32. The van der Waals surface area contributed by atoms with Crippen LogP contribution in [0.25, 0.3) is 0 Å². The van der Waals surface area contributed by atoms with Crippen LogP contribution >= 0.6 is 0 Å². The van der Waals surface area contributed by atoms with Crippen LogP contribution < -0.4 is 0 Å². The van der Waals surface area contributed by atoms with Gasteiger partial charge >= 0.3 is 0 Å². The van der Waals surface area contributed by atoms with E-state index >= 15 is 0 Å². The van der Waals surface area contributed by atoms with E-state index in [0.29, 0.717) is 11.2 Å². The Morgan fingerprint density at radius 3 is 2.25 bits per heavy atom. The average Bonchev–Trinajstić information content (AvgIpc) is 2.53. The molecule has 0 aromatic carbocycles. The van der Waals surface area contributed by atoms with Crippen molar-refractivity contribution in [1.29, 1.82) is 0 Å². The molecule has 0 N–H and O–H groups in total. The maximum absolute atomic E-state index is 12.0. The smallest absolute Gasteiger partial charge is 0.145 e. The van der Waals surface area contributed by atoms with Crippen molar-refractivity contribution in [3.05, 3.63) is 0 Å². The molecule has 3 rings (SSSR count). The normalized spacial score (nSPS) is 58.9. The van der Waals surface area contributed by atoms with Gasteiger partial charge in [0.1, 0.15) is 5.78 Å². The highest BCUT2D eigenvalue weighted by Gasteiger charge is 2.83. The highest BCUT2D eigenvalue weighted by Crippen LogP contribution is 2.85. The summed E-state index contributed by atoms with van der Waals surface area (Å²) in [5.41, 5.74) is 0.609. The van der Waals surface area contributed by atoms with E-state index in [4.69, 9.17) is 0 Å². The number of hydrogen-bond acceptors (Lipinski definition) is 1. The molecule has 0 saturated heterocycles. The van der Waals surface area contributed by atoms with Gasteiger partial charge in [-0.2, -0.15) is 0 Å². The standard InChI is InChI=1S/C11H16O/c1-9(2)7-4-5-11(7)6-10(11,3)8(9)12/h7H,4-6H2,1-3H3. The Kier molecular flexibility index (Phi) is 0.831. The molecule has 3 aliphatic carbocycles. The van der Waals surface area contributed by atoms with Gasteiger partial charge < -0.3 is 0 Å². The third-order valence-corrected chi connectivity index (χ3v) is 5.15. The van der Waals surface area contributed by atoms with Gasteiger partial charge in [-0.15, -0.1) is 0 Å². The molecule has 0 aliphatic heterocycles. The van der Waals surface area contributed by atoms with E-state index in [1.165, 1.54) is 19.3 Å². The van der Waals surface area contributed by atoms with Crippen LogP contribution in [0.4, 0.5) is 0 Å². The van der Waals surface area contributed by atoms with E-state index in [1.54, 1.807) is 0 Å². The summed E-state index contributed by atoms with van der Waals surface area (Å²) in [6, 6.07) is 0. The molecule has 0 radical (unpaired) electrons. The quantitative estimate of drug-likeness (QED) is 0.537. The third kappa shape index (κ3) is 0.399. The molecule has 3 saturated carbocycles. The van der Waals surface area contributed by atoms with E-state index in [9.17, 15) is 4.79 Å². The fraction of sp³-hybridized carbons (Fsp3) is 0.909. The zero-order chi connectivity index (χ0) is 8.78. The molecule has 0 amide bonds. The van der Waals surface area contributed by atoms with Crippen molar-refractivity contribution in [2.24, 2.45) is 22.2 Å². The predicted molar refractivity (Wildman–Crippen MR) is 46.7 cm³/mol. The van der Waals surface area contributed by atoms with Crippen molar-refractivity contribution in [2.75, 3.05) is 0 Å². The second-order valence-electron chi connectivity index (χ2n) is 5.81. The molecule has 0 aromatic heterocycles. The van der Waals surface area contributed by atoms with Crippen LogP contribution in [0.5, 0.6) is 0 Å². The topological polar surface area (TPSA) is 17.1 Å². The summed E-state index contributed by atoms with van der Waals surface area (Å²) in [7, 11) is 0. The lowest BCUT2D eigenvalue weighted by Gasteiger charge is -2.41. The van der Waals surface area contributed by atoms with Gasteiger partial charge in [-0.1, -0.05) is 20.8 Å². The van der Waals surface area contributed by atoms with Crippen LogP contribution in [0.3, 0.4) is 0 Å². The van der Waals surface area contributed by atoms with Crippen molar-refractivity contribution in [3.63, 3.8) is 0 Å². The summed E-state index contributed by atoms with van der Waals surface area (Å²) < 4.78 is 0. The maximum atomic E-state index is 12.0. The first kappa shape index (κ1) is 7.11. The summed E-state index contributed by atoms with van der Waals surface area (Å²) in [6.45, 7) is 6.49. The molecule has 0 bridgehead atoms. The van der Waals surface area contributed by atoms with Crippen LogP contribution in [0.2, 0.25) is 0 Å². The molecule has 1 spiro atoms. The largest absolute Gasteiger partial charge is 0.298 e. The molecule has 1 nitrogen and oxygen atoms in total. The van der Waals surface area contributed by atoms with Gasteiger partial charge in [0.05, 0.1) is 0 Å². The SMILES string of the molecule is CC1(C)C(=O)C2(C)CC23CCC13. The molecular formula is C11H16O. The monoisotopic (exact) mass is 164 g/mol. The zero-order valence-electron chi connectivity index (χ0n) is 8.11. The first-order valence-electron chi connectivity index (χ1n) is 5.00. The lowest BCUT2D eigenvalue weighted by molar-refractivity contribution is -0.131. The van der Waals surface area contributed by atoms with Crippen LogP contribution in [0.15, 0.2) is 0 Å². The number of Topliss-reactive ketones (excluding diaryl/α,β-unsaturated/α-hetero) is 1. The summed E-state index contributed by atoms with van der Waals surface area (Å²) in [6.07, 6.45) is 3.82. The molecule has 3 unspecified atom stereocenters. The Labute approximate surface area is 73.5 Å². The summed E-state index contributed by atoms with van der Waals surface area (Å²) in [5.74, 6) is 1.28. The first-order valence-corrected chi connectivity index (χ1v) is 5.00. The molecule has 66 valence electrons. The van der Waals surface area contributed by atoms with E-state index < -0.39 is 0 Å². The van der Waals surface area contributed by atoms with Gasteiger partial charge in [-0.05, 0) is 30.6 Å². The summed E-state index contributed by atoms with van der Waals surface area (Å²) >= 11 is 0. The first-order chi connectivity index (χ1) is 5.45. The second-order valence-corrected chi connectivity index (χ2v) is 5.81. The number of ketones is 1. The van der Waals surface area contributed by atoms with Crippen molar-refractivity contribution in [2.45, 2.75) is 40.0 Å². The minimum absolute atomic E-state index is 0.00521. The summed E-state index contributed by atoms with van der Waals surface area (Å²) in [5, 5.41) is 0. The Bertz CT molecular complexity index is 285. The lowest BCUT2D eigenvalue weighted by atomic mass is 9.62. The summed E-state index contributed by atoms with van der Waals surface area (Å²) in [4.78, 5) is 12.0. The Balaban J connectivity index is 2.14. The second kappa shape index (κ2) is 1.40. The molecule has 3 aliphatic rings. The van der Waals surface area contributed by atoms with E-state index in [-0.39, 0.29) is 10.8 Å². The average molecular weight is 164 g/mol. The van der Waals surface area contributed by atoms with Crippen molar-refractivity contribution < 1.29 is 4.79 Å². The van der Waals surface area contributed by atoms with Crippen molar-refractivity contribution in [1.82, 2.24) is 0 Å². The van der Waals surface area contributed by atoms with Crippen molar-refractivity contribution >= 4 is 5.78 Å². The predicted octanol–water partition coefficient (Wildman–Crippen LogP) is 2.40. The zero-order valence-corrected chi connectivity index (χ0v) is 8.11. The number of rotatable bonds is 0. The van der Waals surface area contributed by atoms with E-state index in [0.717, 1.165) is 5.92 Å². The van der Waals surface area contributed by atoms with Gasteiger partial charge in [0.15, 0.2) is 0 Å². The molecular weight excluding hydrogens is 148 g/mol. The minimum atomic E-state index is 0.00521. The molecule has 12 heavy (non-hydrogen) atoms. The van der Waals surface area contributed by atoms with Gasteiger partial charge in [0, 0.05) is 10.8 Å². The van der Waals surface area contributed by atoms with Crippen LogP contribution in [-0.4, -0.2) is 5.78 Å². The minimum Gasteiger partial charge on any atom is -0.298 e. The maximum Gasteiger partial charge on any atom is 0.145 e. The Morgan fingerprint density at radius 2 is 2.00 bits per heavy atom. The molecule has 0 heterocycles. The van der Waals surface area contributed by atoms with E-state index in [1.807, 2.05) is 0 Å². The van der Waals surface area contributed by atoms with Crippen LogP contribution in [0, 0.1) is 22.2 Å². The third-order valence-electron chi connectivity index (χ3n) is 5.15. The molecule has 3 fully saturated rings. The van der Waals surface area contributed by atoms with Gasteiger partial charge in [0.2, 0.25) is 0 Å². The van der Waals surface area contributed by atoms with Gasteiger partial charge in [-0.3, -0.25) is 4.79 Å². The van der Waals surface area contributed by atoms with Crippen LogP contribution in [-0.2, 0) is 4.79 Å². The highest BCUT2D eigenvalue weighted by molar-refractivity contribution is 5.97. The highest BCUT2D eigenvalue weighted by atomic mass is 16.1. The van der Waals surface area contributed by atoms with Crippen molar-refractivity contribution in [3.8, 4) is 0 Å². The Hall–Kier alpha value is -0.330. The molecule has 1 heteroatoms. The molecule has 3 atom stereocenters. The molecule has 0 aromatic rings. The van der Waals surface area contributed by atoms with E-state index in [2.05, 4.69) is 20.8 Å². The van der Waals surface area contributed by atoms with Crippen LogP contribution in [0.1, 0.15) is 40.0 Å². The number of carbonyl (C=O) groups is 1. The number of carbonyl (C=O) groups excluding carboxylic acids is 1. The van der Waals surface area contributed by atoms with Gasteiger partial charge in [-0.25, -0.2) is 0 Å². The number of hydrogen-bond donors (Lipinski definition) is 0. The van der Waals surface area contributed by atoms with Gasteiger partial charge in [0.25, 0.3) is 0 Å². The lowest BCUT2D eigenvalue weighted by Crippen LogP contribution is -2.37. The Morgan fingerprint density at radius 1 is 1.33 bits per heavy atom.